The van der Waals surface area contributed by atoms with Gasteiger partial charge in [-0.2, -0.15) is 0 Å². The fourth-order valence-electron chi connectivity index (χ4n) is 7.83. The molecular formula is C47H75NO14. The van der Waals surface area contributed by atoms with E-state index >= 15 is 0 Å². The van der Waals surface area contributed by atoms with Gasteiger partial charge in [0, 0.05) is 37.0 Å². The summed E-state index contributed by atoms with van der Waals surface area (Å²) in [5.74, 6) is -3.69. The molecule has 0 saturated carbocycles. The van der Waals surface area contributed by atoms with Crippen LogP contribution in [0, 0.1) is 17.8 Å². The number of fused-ring (bicyclic) bond motifs is 2. The Hall–Kier alpha value is -2.87. The third-order valence-electron chi connectivity index (χ3n) is 12.0. The highest BCUT2D eigenvalue weighted by molar-refractivity contribution is 5.70. The zero-order valence-electron chi connectivity index (χ0n) is 36.9. The average molecular weight is 878 g/mol. The van der Waals surface area contributed by atoms with Crippen LogP contribution in [0.1, 0.15) is 92.4 Å². The summed E-state index contributed by atoms with van der Waals surface area (Å²) < 4.78 is 23.7. The second kappa shape index (κ2) is 26.8. The molecule has 0 spiro atoms. The summed E-state index contributed by atoms with van der Waals surface area (Å²) in [5, 5.41) is 97.2. The Kier molecular flexibility index (Phi) is 23.1. The molecule has 0 aromatic rings. The molecule has 3 heterocycles. The number of carbonyl (C=O) groups excluding carboxylic acids is 1. The van der Waals surface area contributed by atoms with Crippen molar-refractivity contribution in [3.63, 3.8) is 0 Å². The van der Waals surface area contributed by atoms with Gasteiger partial charge in [-0.05, 0) is 46.0 Å². The standard InChI is InChI=1S/C47H75NO14/c1-29-19-16-14-12-10-8-6-7-9-11-13-15-17-22-38(61-46-45(57)42(48)44(56)33(5)60-46)26-40-31(3)39(53)28-47(58,62-40)27-35(50)21-18-20-34(49)23-36(51)24-37(52)25-41(54)59-32(4)30(2)43(29)55/h6-17,19,22,29-40,42-46,49-53,55-58H,18,20-21,23-28,48H2,1-5H3/t29-,30-,31?,32-,33?,34+,35-,36+,37+,38-,39-,40?,42?,43+,44?,45?,46?,47+/m0/s1. The Morgan fingerprint density at radius 1 is 0.629 bits per heavy atom. The van der Waals surface area contributed by atoms with Crippen LogP contribution in [0.2, 0.25) is 0 Å². The highest BCUT2D eigenvalue weighted by atomic mass is 16.7. The highest BCUT2D eigenvalue weighted by Crippen LogP contribution is 2.37. The predicted molar refractivity (Wildman–Crippen MR) is 234 cm³/mol. The summed E-state index contributed by atoms with van der Waals surface area (Å²) in [5.41, 5.74) is 6.06. The van der Waals surface area contributed by atoms with Crippen molar-refractivity contribution in [2.24, 2.45) is 23.5 Å². The normalized spacial score (nSPS) is 42.4. The summed E-state index contributed by atoms with van der Waals surface area (Å²) >= 11 is 0. The fourth-order valence-corrected chi connectivity index (χ4v) is 7.83. The SMILES string of the molecule is CC1OC(O[C@H]2C=CC=CC=CC=CC=CC=CC=C[C@H](C)[C@@H](O)[C@@H](C)[C@H](C)OC(=O)C[C@H](O)C[C@H](O)C[C@H](O)CCC[C@H](O)C[C@]3(O)C[C@H](O)C(C)C(C2)O3)C(O)C(N)C1O. The second-order valence-electron chi connectivity index (χ2n) is 17.4. The van der Waals surface area contributed by atoms with Gasteiger partial charge in [0.1, 0.15) is 12.2 Å². The molecule has 352 valence electrons. The molecule has 2 saturated heterocycles. The van der Waals surface area contributed by atoms with Crippen molar-refractivity contribution in [2.45, 2.75) is 184 Å². The Labute approximate surface area is 367 Å². The molecule has 0 aliphatic carbocycles. The minimum absolute atomic E-state index is 0.0763. The molecule has 3 aliphatic rings. The van der Waals surface area contributed by atoms with Crippen molar-refractivity contribution < 1.29 is 69.7 Å². The van der Waals surface area contributed by atoms with Crippen molar-refractivity contribution in [3.05, 3.63) is 85.1 Å². The number of hydrogen-bond acceptors (Lipinski definition) is 15. The van der Waals surface area contributed by atoms with Crippen LogP contribution < -0.4 is 5.73 Å². The van der Waals surface area contributed by atoms with Crippen LogP contribution in [-0.2, 0) is 23.7 Å². The van der Waals surface area contributed by atoms with Crippen molar-refractivity contribution in [3.8, 4) is 0 Å². The number of allylic oxidation sites excluding steroid dienone is 12. The van der Waals surface area contributed by atoms with E-state index in [0.717, 1.165) is 0 Å². The number of aliphatic hydroxyl groups is 9. The van der Waals surface area contributed by atoms with E-state index in [2.05, 4.69) is 0 Å². The summed E-state index contributed by atoms with van der Waals surface area (Å²) in [4.78, 5) is 12.6. The molecular weight excluding hydrogens is 803 g/mol. The Morgan fingerprint density at radius 2 is 1.18 bits per heavy atom. The molecule has 11 N–H and O–H groups in total. The number of cyclic esters (lactones) is 1. The van der Waals surface area contributed by atoms with Crippen LogP contribution >= 0.6 is 0 Å². The molecule has 2 bridgehead atoms. The monoisotopic (exact) mass is 878 g/mol. The molecule has 2 fully saturated rings. The van der Waals surface area contributed by atoms with Crippen LogP contribution in [0.4, 0.5) is 0 Å². The first kappa shape index (κ1) is 53.5. The number of carbonyl (C=O) groups is 1. The lowest BCUT2D eigenvalue weighted by molar-refractivity contribution is -0.308. The molecule has 0 radical (unpaired) electrons. The van der Waals surface area contributed by atoms with E-state index in [0.29, 0.717) is 6.42 Å². The van der Waals surface area contributed by atoms with E-state index in [4.69, 9.17) is 24.7 Å². The maximum atomic E-state index is 12.6. The quantitative estimate of drug-likeness (QED) is 0.179. The first-order valence-electron chi connectivity index (χ1n) is 22.1. The lowest BCUT2D eigenvalue weighted by Crippen LogP contribution is -2.61. The first-order valence-corrected chi connectivity index (χ1v) is 22.1. The summed E-state index contributed by atoms with van der Waals surface area (Å²) in [7, 11) is 0. The van der Waals surface area contributed by atoms with E-state index in [9.17, 15) is 50.8 Å². The van der Waals surface area contributed by atoms with Gasteiger partial charge in [-0.25, -0.2) is 0 Å². The zero-order valence-corrected chi connectivity index (χ0v) is 36.9. The van der Waals surface area contributed by atoms with Crippen LogP contribution in [0.15, 0.2) is 85.1 Å². The van der Waals surface area contributed by atoms with E-state index in [1.807, 2.05) is 67.7 Å². The van der Waals surface area contributed by atoms with Gasteiger partial charge in [0.25, 0.3) is 0 Å². The Balaban J connectivity index is 1.78. The van der Waals surface area contributed by atoms with Crippen LogP contribution in [-0.4, -0.2) is 143 Å². The maximum Gasteiger partial charge on any atom is 0.308 e. The molecule has 3 rings (SSSR count). The van der Waals surface area contributed by atoms with Gasteiger partial charge in [0.15, 0.2) is 12.1 Å². The molecule has 0 amide bonds. The first-order chi connectivity index (χ1) is 29.3. The minimum atomic E-state index is -1.90. The highest BCUT2D eigenvalue weighted by Gasteiger charge is 2.47. The number of hydrogen-bond donors (Lipinski definition) is 10. The second-order valence-corrected chi connectivity index (χ2v) is 17.4. The largest absolute Gasteiger partial charge is 0.462 e. The van der Waals surface area contributed by atoms with E-state index in [1.165, 1.54) is 0 Å². The molecule has 62 heavy (non-hydrogen) atoms. The lowest BCUT2D eigenvalue weighted by Gasteiger charge is -2.45. The molecule has 15 heteroatoms. The summed E-state index contributed by atoms with van der Waals surface area (Å²) in [6, 6.07) is -1.02. The van der Waals surface area contributed by atoms with Gasteiger partial charge in [-0.15, -0.1) is 0 Å². The molecule has 0 aromatic heterocycles. The molecule has 0 aromatic carbocycles. The van der Waals surface area contributed by atoms with Crippen LogP contribution in [0.3, 0.4) is 0 Å². The van der Waals surface area contributed by atoms with Crippen molar-refractivity contribution in [1.82, 2.24) is 0 Å². The Bertz CT molecular complexity index is 1530. The smallest absolute Gasteiger partial charge is 0.308 e. The third kappa shape index (κ3) is 18.3. The average Bonchev–Trinajstić information content (AvgIpc) is 3.19. The fraction of sp³-hybridized carbons (Fsp3) is 0.681. The van der Waals surface area contributed by atoms with Gasteiger partial charge in [0.05, 0.1) is 73.5 Å². The van der Waals surface area contributed by atoms with E-state index in [-0.39, 0.29) is 57.3 Å². The Morgan fingerprint density at radius 3 is 1.79 bits per heavy atom. The molecule has 3 aliphatic heterocycles. The van der Waals surface area contributed by atoms with E-state index in [1.54, 1.807) is 52.0 Å². The van der Waals surface area contributed by atoms with Gasteiger partial charge in [-0.3, -0.25) is 4.79 Å². The lowest BCUT2D eigenvalue weighted by atomic mass is 9.84. The van der Waals surface area contributed by atoms with Gasteiger partial charge >= 0.3 is 5.97 Å². The third-order valence-corrected chi connectivity index (χ3v) is 12.0. The maximum absolute atomic E-state index is 12.6. The van der Waals surface area contributed by atoms with Gasteiger partial charge in [-0.1, -0.05) is 106 Å². The van der Waals surface area contributed by atoms with Gasteiger partial charge < -0.3 is 70.6 Å². The number of rotatable bonds is 2. The summed E-state index contributed by atoms with van der Waals surface area (Å²) in [6.45, 7) is 8.71. The summed E-state index contributed by atoms with van der Waals surface area (Å²) in [6.07, 6.45) is 12.5. The number of nitrogens with two attached hydrogens (primary N) is 1. The van der Waals surface area contributed by atoms with Crippen molar-refractivity contribution in [2.75, 3.05) is 0 Å². The van der Waals surface area contributed by atoms with Crippen molar-refractivity contribution >= 4 is 5.97 Å². The number of ether oxygens (including phenoxy) is 4. The van der Waals surface area contributed by atoms with Gasteiger partial charge in [0.2, 0.25) is 0 Å². The zero-order chi connectivity index (χ0) is 46.0. The van der Waals surface area contributed by atoms with Crippen molar-refractivity contribution in [1.29, 1.82) is 0 Å². The molecule has 7 unspecified atom stereocenters. The molecule has 15 nitrogen and oxygen atoms in total. The number of aliphatic hydroxyl groups excluding tert-OH is 8. The predicted octanol–water partition coefficient (Wildman–Crippen LogP) is 2.68. The van der Waals surface area contributed by atoms with Crippen LogP contribution in [0.5, 0.6) is 0 Å². The number of esters is 1. The van der Waals surface area contributed by atoms with Crippen LogP contribution in [0.25, 0.3) is 0 Å². The topological polar surface area (TPSA) is 262 Å². The molecule has 18 atom stereocenters. The minimum Gasteiger partial charge on any atom is -0.462 e. The van der Waals surface area contributed by atoms with E-state index < -0.39 is 109 Å².